The predicted molar refractivity (Wildman–Crippen MR) is 139 cm³/mol. The van der Waals surface area contributed by atoms with Gasteiger partial charge in [0.25, 0.3) is 11.8 Å². The number of hydrogen-bond acceptors (Lipinski definition) is 6. The zero-order valence-electron chi connectivity index (χ0n) is 19.1. The highest BCUT2D eigenvalue weighted by Gasteiger charge is 2.08. The van der Waals surface area contributed by atoms with Crippen LogP contribution in [0.15, 0.2) is 89.7 Å². The fourth-order valence-corrected chi connectivity index (χ4v) is 3.08. The molecule has 0 atom stereocenters. The molecule has 2 heterocycles. The van der Waals surface area contributed by atoms with Crippen LogP contribution < -0.4 is 10.6 Å². The van der Waals surface area contributed by atoms with Crippen molar-refractivity contribution < 1.29 is 9.59 Å². The van der Waals surface area contributed by atoms with Gasteiger partial charge in [0.05, 0.1) is 23.3 Å². The zero-order chi connectivity index (χ0) is 25.9. The van der Waals surface area contributed by atoms with Gasteiger partial charge in [0.2, 0.25) is 0 Å². The minimum absolute atomic E-state index is 0.238. The third-order valence-corrected chi connectivity index (χ3v) is 5.21. The SMILES string of the molecule is Cc1ccc(C(=O)Nc2cc(C#N)ccn2)cc1.N#Cc1ccnc(NC(=O)c2ccc(Br)cc2)c1. The highest BCUT2D eigenvalue weighted by molar-refractivity contribution is 9.10. The van der Waals surface area contributed by atoms with E-state index in [0.717, 1.165) is 10.0 Å². The molecule has 4 rings (SSSR count). The lowest BCUT2D eigenvalue weighted by Gasteiger charge is -2.04. The lowest BCUT2D eigenvalue weighted by atomic mass is 10.1. The summed E-state index contributed by atoms with van der Waals surface area (Å²) in [5.74, 6) is 0.240. The molecular weight excluding hydrogens is 520 g/mol. The molecule has 0 saturated heterocycles. The van der Waals surface area contributed by atoms with Gasteiger partial charge in [-0.15, -0.1) is 0 Å². The summed E-state index contributed by atoms with van der Waals surface area (Å²) in [7, 11) is 0. The predicted octanol–water partition coefficient (Wildman–Crippen LogP) is 5.48. The number of aromatic nitrogens is 2. The second kappa shape index (κ2) is 12.6. The quantitative estimate of drug-likeness (QED) is 0.353. The molecule has 0 aliphatic rings. The Morgan fingerprint density at radius 3 is 1.56 bits per heavy atom. The van der Waals surface area contributed by atoms with Crippen molar-refractivity contribution in [3.63, 3.8) is 0 Å². The maximum atomic E-state index is 11.9. The molecule has 0 bridgehead atoms. The van der Waals surface area contributed by atoms with E-state index in [1.807, 2.05) is 31.2 Å². The smallest absolute Gasteiger partial charge is 0.256 e. The number of carbonyl (C=O) groups is 2. The fourth-order valence-electron chi connectivity index (χ4n) is 2.82. The van der Waals surface area contributed by atoms with Crippen LogP contribution in [0.1, 0.15) is 37.4 Å². The molecular formula is C27H19BrN6O2. The Kier molecular flexibility index (Phi) is 8.99. The second-order valence-corrected chi connectivity index (χ2v) is 8.28. The van der Waals surface area contributed by atoms with Crippen LogP contribution in [0.25, 0.3) is 0 Å². The van der Waals surface area contributed by atoms with Gasteiger partial charge >= 0.3 is 0 Å². The average Bonchev–Trinajstić information content (AvgIpc) is 2.90. The number of pyridine rings is 2. The Morgan fingerprint density at radius 2 is 1.14 bits per heavy atom. The van der Waals surface area contributed by atoms with Crippen LogP contribution in [0.2, 0.25) is 0 Å². The second-order valence-electron chi connectivity index (χ2n) is 7.36. The Morgan fingerprint density at radius 1 is 0.722 bits per heavy atom. The maximum absolute atomic E-state index is 11.9. The molecule has 176 valence electrons. The van der Waals surface area contributed by atoms with Crippen molar-refractivity contribution in [3.05, 3.63) is 117 Å². The van der Waals surface area contributed by atoms with E-state index in [1.54, 1.807) is 48.5 Å². The molecule has 4 aromatic rings. The van der Waals surface area contributed by atoms with E-state index in [4.69, 9.17) is 10.5 Å². The first-order chi connectivity index (χ1) is 17.4. The van der Waals surface area contributed by atoms with Gasteiger partial charge in [-0.25, -0.2) is 9.97 Å². The van der Waals surface area contributed by atoms with Crippen LogP contribution in [0.5, 0.6) is 0 Å². The van der Waals surface area contributed by atoms with Crippen LogP contribution in [-0.2, 0) is 0 Å². The Labute approximate surface area is 216 Å². The lowest BCUT2D eigenvalue weighted by molar-refractivity contribution is 0.101. The van der Waals surface area contributed by atoms with Crippen molar-refractivity contribution in [2.24, 2.45) is 0 Å². The fraction of sp³-hybridized carbons (Fsp3) is 0.0370. The van der Waals surface area contributed by atoms with Gasteiger partial charge in [-0.1, -0.05) is 33.6 Å². The molecule has 0 aliphatic carbocycles. The number of aryl methyl sites for hydroxylation is 1. The van der Waals surface area contributed by atoms with E-state index in [-0.39, 0.29) is 11.8 Å². The van der Waals surface area contributed by atoms with E-state index in [2.05, 4.69) is 36.5 Å². The number of hydrogen-bond donors (Lipinski definition) is 2. The maximum Gasteiger partial charge on any atom is 0.256 e. The first kappa shape index (κ1) is 25.8. The van der Waals surface area contributed by atoms with Gasteiger partial charge in [-0.2, -0.15) is 10.5 Å². The van der Waals surface area contributed by atoms with Crippen molar-refractivity contribution in [1.82, 2.24) is 9.97 Å². The van der Waals surface area contributed by atoms with Crippen molar-refractivity contribution in [2.75, 3.05) is 10.6 Å². The van der Waals surface area contributed by atoms with E-state index in [9.17, 15) is 9.59 Å². The van der Waals surface area contributed by atoms with Crippen molar-refractivity contribution in [2.45, 2.75) is 6.92 Å². The van der Waals surface area contributed by atoms with Gasteiger partial charge < -0.3 is 10.6 Å². The minimum atomic E-state index is -0.259. The number of carbonyl (C=O) groups excluding carboxylic acids is 2. The number of amides is 2. The molecule has 9 heteroatoms. The number of halogens is 1. The summed E-state index contributed by atoms with van der Waals surface area (Å²) >= 11 is 3.30. The van der Waals surface area contributed by atoms with Crippen LogP contribution >= 0.6 is 15.9 Å². The standard InChI is InChI=1S/C14H11N3O.C13H8BrN3O/c1-10-2-4-12(5-3-10)14(18)17-13-8-11(9-15)6-7-16-13;14-11-3-1-10(2-4-11)13(18)17-12-7-9(8-15)5-6-16-12/h2-8H,1H3,(H,16,17,18);1-7H,(H,16,17,18). The summed E-state index contributed by atoms with van der Waals surface area (Å²) in [5.41, 5.74) is 3.10. The first-order valence-electron chi connectivity index (χ1n) is 10.5. The zero-order valence-corrected chi connectivity index (χ0v) is 20.7. The molecule has 2 amide bonds. The number of benzene rings is 2. The van der Waals surface area contributed by atoms with Gasteiger partial charge in [-0.3, -0.25) is 9.59 Å². The van der Waals surface area contributed by atoms with Crippen LogP contribution in [0, 0.1) is 29.6 Å². The molecule has 2 aromatic heterocycles. The van der Waals surface area contributed by atoms with Crippen molar-refractivity contribution in [3.8, 4) is 12.1 Å². The summed E-state index contributed by atoms with van der Waals surface area (Å²) < 4.78 is 0.906. The van der Waals surface area contributed by atoms with E-state index in [0.29, 0.717) is 33.9 Å². The van der Waals surface area contributed by atoms with Crippen LogP contribution in [0.4, 0.5) is 11.6 Å². The molecule has 0 unspecified atom stereocenters. The molecule has 2 aromatic carbocycles. The molecule has 0 fully saturated rings. The normalized spacial score (nSPS) is 9.56. The number of nitrogens with zero attached hydrogens (tertiary/aromatic N) is 4. The molecule has 36 heavy (non-hydrogen) atoms. The number of nitrogens with one attached hydrogen (secondary N) is 2. The minimum Gasteiger partial charge on any atom is -0.307 e. The largest absolute Gasteiger partial charge is 0.307 e. The summed E-state index contributed by atoms with van der Waals surface area (Å²) in [6.07, 6.45) is 2.97. The lowest BCUT2D eigenvalue weighted by Crippen LogP contribution is -2.12. The summed E-state index contributed by atoms with van der Waals surface area (Å²) in [5, 5.41) is 22.8. The molecule has 0 radical (unpaired) electrons. The van der Waals surface area contributed by atoms with Crippen molar-refractivity contribution >= 4 is 39.4 Å². The van der Waals surface area contributed by atoms with E-state index < -0.39 is 0 Å². The van der Waals surface area contributed by atoms with Crippen LogP contribution in [0.3, 0.4) is 0 Å². The Hall–Kier alpha value is -4.86. The molecule has 2 N–H and O–H groups in total. The third-order valence-electron chi connectivity index (χ3n) is 4.68. The molecule has 0 spiro atoms. The molecule has 0 aliphatic heterocycles. The summed E-state index contributed by atoms with van der Waals surface area (Å²) in [6.45, 7) is 1.96. The highest BCUT2D eigenvalue weighted by Crippen LogP contribution is 2.13. The van der Waals surface area contributed by atoms with Crippen molar-refractivity contribution in [1.29, 1.82) is 10.5 Å². The van der Waals surface area contributed by atoms with Gasteiger partial charge in [0.1, 0.15) is 11.6 Å². The Balaban J connectivity index is 0.000000201. The highest BCUT2D eigenvalue weighted by atomic mass is 79.9. The van der Waals surface area contributed by atoms with Crippen LogP contribution in [-0.4, -0.2) is 21.8 Å². The number of rotatable bonds is 4. The summed E-state index contributed by atoms with van der Waals surface area (Å²) in [4.78, 5) is 31.7. The van der Waals surface area contributed by atoms with E-state index in [1.165, 1.54) is 24.5 Å². The van der Waals surface area contributed by atoms with E-state index >= 15 is 0 Å². The number of nitriles is 2. The molecule has 0 saturated carbocycles. The molecule has 8 nitrogen and oxygen atoms in total. The number of anilines is 2. The average molecular weight is 539 g/mol. The van der Waals surface area contributed by atoms with Gasteiger partial charge in [0, 0.05) is 28.0 Å². The topological polar surface area (TPSA) is 132 Å². The third kappa shape index (κ3) is 7.59. The van der Waals surface area contributed by atoms with Gasteiger partial charge in [-0.05, 0) is 67.6 Å². The first-order valence-corrected chi connectivity index (χ1v) is 11.3. The summed E-state index contributed by atoms with van der Waals surface area (Å²) in [6, 6.07) is 24.4. The van der Waals surface area contributed by atoms with Gasteiger partial charge in [0.15, 0.2) is 0 Å². The Bertz CT molecular complexity index is 1340. The monoisotopic (exact) mass is 538 g/mol.